The number of aromatic nitrogens is 3. The highest BCUT2D eigenvalue weighted by Crippen LogP contribution is 2.33. The van der Waals surface area contributed by atoms with Crippen molar-refractivity contribution in [3.8, 4) is 0 Å². The molecule has 17 heavy (non-hydrogen) atoms. The summed E-state index contributed by atoms with van der Waals surface area (Å²) in [7, 11) is 0. The highest BCUT2D eigenvalue weighted by molar-refractivity contribution is 6.30. The maximum Gasteiger partial charge on any atom is 0.157 e. The number of fused-ring (bicyclic) bond motifs is 1. The molecule has 1 saturated carbocycles. The van der Waals surface area contributed by atoms with Crippen molar-refractivity contribution in [3.05, 3.63) is 28.2 Å². The van der Waals surface area contributed by atoms with E-state index < -0.39 is 0 Å². The minimum Gasteiger partial charge on any atom is -0.212 e. The van der Waals surface area contributed by atoms with Crippen LogP contribution in [0.2, 0.25) is 5.15 Å². The van der Waals surface area contributed by atoms with Gasteiger partial charge in [-0.25, -0.2) is 9.50 Å². The second-order valence-corrected chi connectivity index (χ2v) is 5.32. The zero-order chi connectivity index (χ0) is 12.0. The van der Waals surface area contributed by atoms with Crippen LogP contribution in [-0.4, -0.2) is 14.6 Å². The molecule has 0 bridgehead atoms. The van der Waals surface area contributed by atoms with Crippen molar-refractivity contribution < 1.29 is 0 Å². The van der Waals surface area contributed by atoms with Crippen LogP contribution in [-0.2, 0) is 0 Å². The molecule has 2 aromatic rings. The second-order valence-electron chi connectivity index (χ2n) is 4.96. The predicted octanol–water partition coefficient (Wildman–Crippen LogP) is 3.66. The van der Waals surface area contributed by atoms with Crippen LogP contribution in [0.4, 0.5) is 0 Å². The Morgan fingerprint density at radius 3 is 2.71 bits per heavy atom. The molecule has 1 aliphatic rings. The van der Waals surface area contributed by atoms with Crippen LogP contribution in [0.1, 0.15) is 48.6 Å². The zero-order valence-corrected chi connectivity index (χ0v) is 11.0. The molecule has 0 aromatic carbocycles. The van der Waals surface area contributed by atoms with Gasteiger partial charge in [0.2, 0.25) is 0 Å². The van der Waals surface area contributed by atoms with Gasteiger partial charge in [-0.2, -0.15) is 0 Å². The maximum absolute atomic E-state index is 6.31. The third kappa shape index (κ3) is 1.73. The summed E-state index contributed by atoms with van der Waals surface area (Å²) in [6, 6.07) is 2.06. The monoisotopic (exact) mass is 249 g/mol. The molecular weight excluding hydrogens is 234 g/mol. The van der Waals surface area contributed by atoms with Gasteiger partial charge in [0.25, 0.3) is 0 Å². The molecule has 0 atom stereocenters. The van der Waals surface area contributed by atoms with Gasteiger partial charge in [-0.15, -0.1) is 5.10 Å². The molecule has 2 aromatic heterocycles. The number of halogens is 1. The van der Waals surface area contributed by atoms with Gasteiger partial charge in [0.05, 0.1) is 0 Å². The van der Waals surface area contributed by atoms with Crippen LogP contribution in [0.5, 0.6) is 0 Å². The Balaban J connectivity index is 2.15. The third-order valence-electron chi connectivity index (χ3n) is 3.80. The summed E-state index contributed by atoms with van der Waals surface area (Å²) in [4.78, 5) is 4.62. The van der Waals surface area contributed by atoms with Crippen LogP contribution in [0.3, 0.4) is 0 Å². The summed E-state index contributed by atoms with van der Waals surface area (Å²) in [6.07, 6.45) is 5.02. The van der Waals surface area contributed by atoms with Gasteiger partial charge in [0, 0.05) is 5.92 Å². The molecule has 1 aliphatic carbocycles. The molecule has 3 rings (SSSR count). The van der Waals surface area contributed by atoms with E-state index in [1.807, 2.05) is 6.92 Å². The van der Waals surface area contributed by atoms with Gasteiger partial charge in [-0.05, 0) is 43.9 Å². The zero-order valence-electron chi connectivity index (χ0n) is 10.2. The Kier molecular flexibility index (Phi) is 2.58. The van der Waals surface area contributed by atoms with Crippen LogP contribution in [0.25, 0.3) is 5.65 Å². The smallest absolute Gasteiger partial charge is 0.157 e. The largest absolute Gasteiger partial charge is 0.212 e. The Morgan fingerprint density at radius 2 is 2.00 bits per heavy atom. The highest BCUT2D eigenvalue weighted by atomic mass is 35.5. The molecule has 2 heterocycles. The Hall–Kier alpha value is -1.09. The van der Waals surface area contributed by atoms with Crippen LogP contribution < -0.4 is 0 Å². The van der Waals surface area contributed by atoms with Gasteiger partial charge >= 0.3 is 0 Å². The number of nitrogens with zero attached hydrogens (tertiary/aromatic N) is 3. The Bertz CT molecular complexity index is 568. The molecule has 0 amide bonds. The van der Waals surface area contributed by atoms with Gasteiger partial charge in [-0.1, -0.05) is 24.4 Å². The lowest BCUT2D eigenvalue weighted by Crippen LogP contribution is -1.97. The molecule has 90 valence electrons. The van der Waals surface area contributed by atoms with E-state index in [9.17, 15) is 0 Å². The van der Waals surface area contributed by atoms with Crippen LogP contribution in [0.15, 0.2) is 6.07 Å². The Morgan fingerprint density at radius 1 is 1.29 bits per heavy atom. The number of rotatable bonds is 1. The van der Waals surface area contributed by atoms with E-state index in [4.69, 9.17) is 11.6 Å². The van der Waals surface area contributed by atoms with Crippen molar-refractivity contribution in [2.45, 2.75) is 45.4 Å². The lowest BCUT2D eigenvalue weighted by Gasteiger charge is -2.03. The number of hydrogen-bond donors (Lipinski definition) is 0. The van der Waals surface area contributed by atoms with Crippen molar-refractivity contribution in [3.63, 3.8) is 0 Å². The molecule has 0 radical (unpaired) electrons. The molecule has 0 N–H and O–H groups in total. The fraction of sp³-hybridized carbons (Fsp3) is 0.538. The number of aryl methyl sites for hydroxylation is 1. The lowest BCUT2D eigenvalue weighted by molar-refractivity contribution is 0.666. The second kappa shape index (κ2) is 3.98. The normalized spacial score (nSPS) is 17.1. The van der Waals surface area contributed by atoms with E-state index in [1.54, 1.807) is 4.52 Å². The molecular formula is C13H16ClN3. The first-order valence-electron chi connectivity index (χ1n) is 6.19. The standard InChI is InChI=1S/C13H16ClN3/c1-8-7-11-15-13(10-5-3-4-6-10)16-17(11)12(14)9(8)2/h7,10H,3-6H2,1-2H3. The summed E-state index contributed by atoms with van der Waals surface area (Å²) >= 11 is 6.31. The van der Waals surface area contributed by atoms with Crippen molar-refractivity contribution in [2.24, 2.45) is 0 Å². The number of hydrogen-bond acceptors (Lipinski definition) is 2. The first-order valence-corrected chi connectivity index (χ1v) is 6.57. The molecule has 1 fully saturated rings. The minimum absolute atomic E-state index is 0.534. The van der Waals surface area contributed by atoms with Crippen molar-refractivity contribution >= 4 is 17.2 Å². The molecule has 0 aliphatic heterocycles. The summed E-state index contributed by atoms with van der Waals surface area (Å²) < 4.78 is 1.78. The Labute approximate surface area is 106 Å². The topological polar surface area (TPSA) is 30.2 Å². The molecule has 0 unspecified atom stereocenters. The van der Waals surface area contributed by atoms with E-state index >= 15 is 0 Å². The van der Waals surface area contributed by atoms with Gasteiger partial charge in [-0.3, -0.25) is 0 Å². The van der Waals surface area contributed by atoms with E-state index in [0.29, 0.717) is 11.1 Å². The fourth-order valence-corrected chi connectivity index (χ4v) is 2.83. The summed E-state index contributed by atoms with van der Waals surface area (Å²) in [5.41, 5.74) is 3.13. The van der Waals surface area contributed by atoms with Crippen molar-refractivity contribution in [1.82, 2.24) is 14.6 Å². The molecule has 0 saturated heterocycles. The first-order chi connectivity index (χ1) is 8.16. The minimum atomic E-state index is 0.534. The summed E-state index contributed by atoms with van der Waals surface area (Å²) in [6.45, 7) is 4.08. The van der Waals surface area contributed by atoms with E-state index in [-0.39, 0.29) is 0 Å². The average molecular weight is 250 g/mol. The predicted molar refractivity (Wildman–Crippen MR) is 68.7 cm³/mol. The van der Waals surface area contributed by atoms with Crippen molar-refractivity contribution in [1.29, 1.82) is 0 Å². The lowest BCUT2D eigenvalue weighted by atomic mass is 10.1. The average Bonchev–Trinajstić information content (AvgIpc) is 2.93. The summed E-state index contributed by atoms with van der Waals surface area (Å²) in [5.74, 6) is 1.50. The maximum atomic E-state index is 6.31. The van der Waals surface area contributed by atoms with E-state index in [1.165, 1.54) is 31.2 Å². The highest BCUT2D eigenvalue weighted by Gasteiger charge is 2.22. The molecule has 0 spiro atoms. The third-order valence-corrected chi connectivity index (χ3v) is 4.24. The van der Waals surface area contributed by atoms with Crippen LogP contribution in [0, 0.1) is 13.8 Å². The van der Waals surface area contributed by atoms with E-state index in [2.05, 4.69) is 23.1 Å². The first kappa shape index (κ1) is 11.0. The quantitative estimate of drug-likeness (QED) is 0.722. The van der Waals surface area contributed by atoms with Gasteiger partial charge < -0.3 is 0 Å². The number of pyridine rings is 1. The van der Waals surface area contributed by atoms with Gasteiger partial charge in [0.1, 0.15) is 5.15 Å². The summed E-state index contributed by atoms with van der Waals surface area (Å²) in [5, 5.41) is 5.26. The SMILES string of the molecule is Cc1cc2nc(C3CCCC3)nn2c(Cl)c1C. The van der Waals surface area contributed by atoms with Gasteiger partial charge in [0.15, 0.2) is 11.5 Å². The molecule has 4 heteroatoms. The fourth-order valence-electron chi connectivity index (χ4n) is 2.56. The molecule has 3 nitrogen and oxygen atoms in total. The van der Waals surface area contributed by atoms with Crippen molar-refractivity contribution in [2.75, 3.05) is 0 Å². The van der Waals surface area contributed by atoms with Crippen LogP contribution >= 0.6 is 11.6 Å². The van der Waals surface area contributed by atoms with E-state index in [0.717, 1.165) is 17.0 Å².